The van der Waals surface area contributed by atoms with E-state index in [1.54, 1.807) is 12.1 Å². The summed E-state index contributed by atoms with van der Waals surface area (Å²) in [5, 5.41) is 2.55. The predicted molar refractivity (Wildman–Crippen MR) is 112 cm³/mol. The van der Waals surface area contributed by atoms with E-state index in [4.69, 9.17) is 4.74 Å². The number of alkyl halides is 3. The first-order chi connectivity index (χ1) is 14.6. The fourth-order valence-corrected chi connectivity index (χ4v) is 4.38. The lowest BCUT2D eigenvalue weighted by Crippen LogP contribution is -2.62. The van der Waals surface area contributed by atoms with Crippen LogP contribution in [0.25, 0.3) is 21.3 Å². The zero-order valence-electron chi connectivity index (χ0n) is 16.7. The van der Waals surface area contributed by atoms with Gasteiger partial charge in [0.25, 0.3) is 5.91 Å². The van der Waals surface area contributed by atoms with Crippen molar-refractivity contribution in [2.45, 2.75) is 13.1 Å². The summed E-state index contributed by atoms with van der Waals surface area (Å²) in [5.74, 6) is -0.530. The molecule has 4 rings (SSSR count). The summed E-state index contributed by atoms with van der Waals surface area (Å²) < 4.78 is 50.7. The Bertz CT molecular complexity index is 1270. The van der Waals surface area contributed by atoms with E-state index in [0.29, 0.717) is 28.5 Å². The van der Waals surface area contributed by atoms with Gasteiger partial charge in [-0.3, -0.25) is 4.79 Å². The standard InChI is InChI=1S/C21H16F3N3O3S/c1-11-4-6-15(30-3)13(8-11)19-14-9-12(5-7-16(14)31-26-19)27(2)17(21(22,23)24)10-18(28)25-20(27)29/h4-10H,1-3H3/p+1. The molecule has 1 aromatic heterocycles. The number of hydrogen-bond donors (Lipinski definition) is 1. The Morgan fingerprint density at radius 1 is 1.13 bits per heavy atom. The van der Waals surface area contributed by atoms with Crippen molar-refractivity contribution in [3.8, 4) is 17.0 Å². The van der Waals surface area contributed by atoms with Gasteiger partial charge < -0.3 is 4.74 Å². The van der Waals surface area contributed by atoms with Crippen LogP contribution in [0.4, 0.5) is 23.7 Å². The highest BCUT2D eigenvalue weighted by Gasteiger charge is 2.56. The van der Waals surface area contributed by atoms with Crippen molar-refractivity contribution >= 4 is 39.2 Å². The molecule has 0 fully saturated rings. The van der Waals surface area contributed by atoms with Crippen molar-refractivity contribution in [2.75, 3.05) is 14.2 Å². The first kappa shape index (κ1) is 21.0. The average molecular weight is 448 g/mol. The molecule has 1 aliphatic heterocycles. The summed E-state index contributed by atoms with van der Waals surface area (Å²) in [5.41, 5.74) is 0.981. The maximum absolute atomic E-state index is 13.8. The lowest BCUT2D eigenvalue weighted by atomic mass is 10.0. The van der Waals surface area contributed by atoms with Gasteiger partial charge in [-0.1, -0.05) is 11.6 Å². The average Bonchev–Trinajstić information content (AvgIpc) is 3.13. The number of ether oxygens (including phenoxy) is 1. The van der Waals surface area contributed by atoms with Gasteiger partial charge in [-0.2, -0.15) is 22.0 Å². The Morgan fingerprint density at radius 3 is 2.55 bits per heavy atom. The Hall–Kier alpha value is -3.24. The van der Waals surface area contributed by atoms with Crippen LogP contribution in [0.1, 0.15) is 5.56 Å². The van der Waals surface area contributed by atoms with E-state index < -0.39 is 28.3 Å². The number of imide groups is 1. The van der Waals surface area contributed by atoms with E-state index in [9.17, 15) is 22.8 Å². The molecule has 0 aliphatic carbocycles. The number of nitrogens with zero attached hydrogens (tertiary/aromatic N) is 2. The smallest absolute Gasteiger partial charge is 0.468 e. The van der Waals surface area contributed by atoms with Gasteiger partial charge in [0.1, 0.15) is 11.4 Å². The van der Waals surface area contributed by atoms with Crippen molar-refractivity contribution < 1.29 is 27.5 Å². The molecule has 2 aromatic carbocycles. The molecule has 1 unspecified atom stereocenters. The molecule has 3 aromatic rings. The topological polar surface area (TPSA) is 68.3 Å². The maximum atomic E-state index is 13.8. The lowest BCUT2D eigenvalue weighted by molar-refractivity contribution is -0.121. The van der Waals surface area contributed by atoms with Crippen LogP contribution in [0.2, 0.25) is 0 Å². The number of aryl methyl sites for hydroxylation is 1. The van der Waals surface area contributed by atoms with Crippen LogP contribution in [-0.2, 0) is 4.79 Å². The summed E-state index contributed by atoms with van der Waals surface area (Å²) in [7, 11) is 2.63. The largest absolute Gasteiger partial charge is 0.496 e. The highest BCUT2D eigenvalue weighted by molar-refractivity contribution is 7.13. The predicted octanol–water partition coefficient (Wildman–Crippen LogP) is 4.91. The number of carbonyl (C=O) groups excluding carboxylic acids is 2. The molecule has 160 valence electrons. The van der Waals surface area contributed by atoms with Crippen LogP contribution >= 0.6 is 11.5 Å². The second-order valence-corrected chi connectivity index (χ2v) is 8.05. The normalized spacial score (nSPS) is 19.4. The SMILES string of the molecule is COc1ccc(C)cc1-c1nsc2ccc([N+]3(C)C(=O)NC(=O)C=C3C(F)(F)F)cc12. The molecular formula is C21H17F3N3O3S+. The Labute approximate surface area is 179 Å². The fourth-order valence-electron chi connectivity index (χ4n) is 3.61. The number of quaternary nitrogens is 1. The quantitative estimate of drug-likeness (QED) is 0.578. The monoisotopic (exact) mass is 448 g/mol. The number of nitrogens with one attached hydrogen (secondary N) is 1. The first-order valence-electron chi connectivity index (χ1n) is 9.12. The van der Waals surface area contributed by atoms with E-state index in [-0.39, 0.29) is 5.69 Å². The molecule has 31 heavy (non-hydrogen) atoms. The molecule has 0 bridgehead atoms. The zero-order chi connectivity index (χ0) is 22.6. The molecule has 0 saturated carbocycles. The van der Waals surface area contributed by atoms with Gasteiger partial charge >= 0.3 is 12.2 Å². The maximum Gasteiger partial charge on any atom is 0.468 e. The Kier molecular flexibility index (Phi) is 4.86. The van der Waals surface area contributed by atoms with Crippen LogP contribution in [-0.4, -0.2) is 36.6 Å². The van der Waals surface area contributed by atoms with E-state index in [0.717, 1.165) is 17.3 Å². The molecule has 1 N–H and O–H groups in total. The van der Waals surface area contributed by atoms with Crippen LogP contribution in [0.15, 0.2) is 48.2 Å². The van der Waals surface area contributed by atoms with Gasteiger partial charge in [-0.05, 0) is 36.7 Å². The minimum atomic E-state index is -4.88. The van der Waals surface area contributed by atoms with Gasteiger partial charge in [0.2, 0.25) is 5.70 Å². The van der Waals surface area contributed by atoms with Crippen molar-refractivity contribution in [1.29, 1.82) is 0 Å². The molecule has 0 radical (unpaired) electrons. The number of benzene rings is 2. The number of fused-ring (bicyclic) bond motifs is 1. The molecule has 0 saturated heterocycles. The van der Waals surface area contributed by atoms with Crippen LogP contribution in [0, 0.1) is 6.92 Å². The lowest BCUT2D eigenvalue weighted by Gasteiger charge is -2.34. The summed E-state index contributed by atoms with van der Waals surface area (Å²) in [6, 6.07) is 9.03. The fraction of sp³-hybridized carbons (Fsp3) is 0.190. The molecule has 0 spiro atoms. The Morgan fingerprint density at radius 2 is 1.87 bits per heavy atom. The Balaban J connectivity index is 1.96. The van der Waals surface area contributed by atoms with Gasteiger partial charge in [0.05, 0.1) is 30.6 Å². The number of hydrogen-bond acceptors (Lipinski definition) is 5. The summed E-state index contributed by atoms with van der Waals surface area (Å²) in [6.07, 6.45) is -4.46. The molecule has 10 heteroatoms. The van der Waals surface area contributed by atoms with E-state index in [1.807, 2.05) is 24.4 Å². The summed E-state index contributed by atoms with van der Waals surface area (Å²) in [6.45, 7) is 1.91. The third-order valence-corrected chi connectivity index (χ3v) is 6.08. The molecule has 1 aliphatic rings. The van der Waals surface area contributed by atoms with Gasteiger partial charge in [0, 0.05) is 23.1 Å². The number of urea groups is 1. The highest BCUT2D eigenvalue weighted by Crippen LogP contribution is 2.43. The minimum Gasteiger partial charge on any atom is -0.496 e. The van der Waals surface area contributed by atoms with Gasteiger partial charge in [-0.15, -0.1) is 0 Å². The van der Waals surface area contributed by atoms with E-state index in [1.165, 1.54) is 30.8 Å². The highest BCUT2D eigenvalue weighted by atomic mass is 32.1. The van der Waals surface area contributed by atoms with Crippen LogP contribution < -0.4 is 14.5 Å². The molecular weight excluding hydrogens is 431 g/mol. The summed E-state index contributed by atoms with van der Waals surface area (Å²) in [4.78, 5) is 24.2. The van der Waals surface area contributed by atoms with E-state index >= 15 is 0 Å². The molecule has 3 amide bonds. The molecule has 1 atom stereocenters. The summed E-state index contributed by atoms with van der Waals surface area (Å²) >= 11 is 1.19. The van der Waals surface area contributed by atoms with Crippen molar-refractivity contribution in [3.05, 3.63) is 53.7 Å². The number of methoxy groups -OCH3 is 1. The second kappa shape index (κ2) is 7.17. The van der Waals surface area contributed by atoms with Crippen LogP contribution in [0.5, 0.6) is 5.75 Å². The zero-order valence-corrected chi connectivity index (χ0v) is 17.5. The third kappa shape index (κ3) is 3.37. The van der Waals surface area contributed by atoms with E-state index in [2.05, 4.69) is 4.37 Å². The van der Waals surface area contributed by atoms with Gasteiger partial charge in [0.15, 0.2) is 0 Å². The second-order valence-electron chi connectivity index (χ2n) is 7.24. The third-order valence-electron chi connectivity index (χ3n) is 5.26. The van der Waals surface area contributed by atoms with Crippen LogP contribution in [0.3, 0.4) is 0 Å². The molecule has 6 nitrogen and oxygen atoms in total. The van der Waals surface area contributed by atoms with Crippen molar-refractivity contribution in [1.82, 2.24) is 14.2 Å². The van der Waals surface area contributed by atoms with Crippen molar-refractivity contribution in [2.24, 2.45) is 0 Å². The number of aromatic nitrogens is 1. The number of amides is 3. The number of halogens is 3. The van der Waals surface area contributed by atoms with Gasteiger partial charge in [-0.25, -0.2) is 10.1 Å². The number of allylic oxidation sites excluding steroid dienone is 1. The number of carbonyl (C=O) groups is 2. The van der Waals surface area contributed by atoms with Crippen molar-refractivity contribution in [3.63, 3.8) is 0 Å². The first-order valence-corrected chi connectivity index (χ1v) is 9.89. The molecule has 2 heterocycles. The minimum absolute atomic E-state index is 0.0501. The number of rotatable bonds is 3.